The maximum absolute atomic E-state index is 14.9. The number of benzene rings is 2. The Kier molecular flexibility index (Phi) is 7.14. The highest BCUT2D eigenvalue weighted by molar-refractivity contribution is 9.10. The van der Waals surface area contributed by atoms with E-state index in [0.717, 1.165) is 18.2 Å². The maximum atomic E-state index is 14.9. The molecule has 2 N–H and O–H groups in total. The number of nitrogens with one attached hydrogen (secondary N) is 2. The molecule has 0 saturated carbocycles. The first-order valence-corrected chi connectivity index (χ1v) is 10.5. The molecule has 1 aliphatic heterocycles. The van der Waals surface area contributed by atoms with Crippen LogP contribution in [0.25, 0.3) is 0 Å². The van der Waals surface area contributed by atoms with E-state index in [2.05, 4.69) is 31.3 Å². The van der Waals surface area contributed by atoms with Gasteiger partial charge in [-0.05, 0) is 40.2 Å². The van der Waals surface area contributed by atoms with Crippen molar-refractivity contribution in [3.63, 3.8) is 0 Å². The van der Waals surface area contributed by atoms with Crippen LogP contribution in [-0.2, 0) is 20.7 Å². The van der Waals surface area contributed by atoms with Crippen LogP contribution in [0, 0.1) is 22.9 Å². The molecule has 2 aromatic rings. The van der Waals surface area contributed by atoms with E-state index in [1.54, 1.807) is 0 Å². The molecule has 0 spiro atoms. The van der Waals surface area contributed by atoms with Crippen molar-refractivity contribution in [2.75, 3.05) is 31.0 Å². The van der Waals surface area contributed by atoms with Gasteiger partial charge < -0.3 is 20.1 Å². The molecule has 1 unspecified atom stereocenters. The summed E-state index contributed by atoms with van der Waals surface area (Å²) >= 11 is 2.87. The number of hydrogen-bond donors (Lipinski definition) is 2. The van der Waals surface area contributed by atoms with E-state index < -0.39 is 35.7 Å². The van der Waals surface area contributed by atoms with Crippen molar-refractivity contribution < 1.29 is 32.2 Å². The SMILES string of the molecule is COC(=O)c1cc(F)c(NC(=O)Cc2cc(F)c(Br)cc2F)c(NC2COCC2(C)C)c1. The molecule has 6 nitrogen and oxygen atoms in total. The molecule has 1 aliphatic rings. The zero-order valence-corrected chi connectivity index (χ0v) is 19.2. The van der Waals surface area contributed by atoms with Gasteiger partial charge in [0.15, 0.2) is 0 Å². The van der Waals surface area contributed by atoms with E-state index in [1.165, 1.54) is 13.2 Å². The number of carbonyl (C=O) groups excluding carboxylic acids is 2. The van der Waals surface area contributed by atoms with Crippen molar-refractivity contribution in [3.05, 3.63) is 57.3 Å². The molecule has 1 saturated heterocycles. The summed E-state index contributed by atoms with van der Waals surface area (Å²) in [6, 6.07) is 3.87. The van der Waals surface area contributed by atoms with Gasteiger partial charge in [0.05, 0.1) is 48.5 Å². The molecule has 0 bridgehead atoms. The lowest BCUT2D eigenvalue weighted by atomic mass is 9.87. The Balaban J connectivity index is 1.91. The van der Waals surface area contributed by atoms with E-state index in [4.69, 9.17) is 4.74 Å². The van der Waals surface area contributed by atoms with Crippen molar-refractivity contribution in [1.82, 2.24) is 0 Å². The Labute approximate surface area is 191 Å². The highest BCUT2D eigenvalue weighted by Gasteiger charge is 2.36. The Hall–Kier alpha value is -2.59. The number of esters is 1. The molecule has 1 amide bonds. The lowest BCUT2D eigenvalue weighted by Gasteiger charge is -2.27. The molecule has 3 rings (SSSR count). The molecule has 1 fully saturated rings. The molecular weight excluding hydrogens is 493 g/mol. The molecule has 172 valence electrons. The number of anilines is 2. The number of ether oxygens (including phenoxy) is 2. The van der Waals surface area contributed by atoms with Crippen LogP contribution in [0.3, 0.4) is 0 Å². The van der Waals surface area contributed by atoms with Crippen molar-refractivity contribution in [2.45, 2.75) is 26.3 Å². The first kappa shape index (κ1) is 24.1. The van der Waals surface area contributed by atoms with Crippen molar-refractivity contribution in [3.8, 4) is 0 Å². The predicted molar refractivity (Wildman–Crippen MR) is 116 cm³/mol. The number of amides is 1. The molecule has 1 heterocycles. The molecule has 1 atom stereocenters. The van der Waals surface area contributed by atoms with Gasteiger partial charge in [-0.15, -0.1) is 0 Å². The minimum absolute atomic E-state index is 0.0526. The van der Waals surface area contributed by atoms with Gasteiger partial charge >= 0.3 is 5.97 Å². The molecule has 0 aromatic heterocycles. The molecule has 32 heavy (non-hydrogen) atoms. The van der Waals surface area contributed by atoms with Crippen LogP contribution in [0.2, 0.25) is 0 Å². The Bertz CT molecular complexity index is 1060. The van der Waals surface area contributed by atoms with E-state index in [9.17, 15) is 22.8 Å². The predicted octanol–water partition coefficient (Wildman–Crippen LogP) is 4.67. The third-order valence-corrected chi connectivity index (χ3v) is 5.86. The lowest BCUT2D eigenvalue weighted by molar-refractivity contribution is -0.115. The fourth-order valence-electron chi connectivity index (χ4n) is 3.33. The Morgan fingerprint density at radius 1 is 1.16 bits per heavy atom. The van der Waals surface area contributed by atoms with Gasteiger partial charge in [0, 0.05) is 11.0 Å². The zero-order chi connectivity index (χ0) is 23.6. The van der Waals surface area contributed by atoms with Crippen LogP contribution in [-0.4, -0.2) is 38.2 Å². The largest absolute Gasteiger partial charge is 0.465 e. The Morgan fingerprint density at radius 2 is 1.88 bits per heavy atom. The van der Waals surface area contributed by atoms with E-state index in [1.807, 2.05) is 13.8 Å². The van der Waals surface area contributed by atoms with Crippen LogP contribution < -0.4 is 10.6 Å². The topological polar surface area (TPSA) is 76.7 Å². The summed E-state index contributed by atoms with van der Waals surface area (Å²) in [5.41, 5.74) is -0.608. The molecular formula is C22H22BrF3N2O4. The van der Waals surface area contributed by atoms with Crippen LogP contribution in [0.15, 0.2) is 28.7 Å². The van der Waals surface area contributed by atoms with E-state index in [-0.39, 0.29) is 38.4 Å². The fourth-order valence-corrected chi connectivity index (χ4v) is 3.65. The molecule has 2 aromatic carbocycles. The normalized spacial score (nSPS) is 17.2. The monoisotopic (exact) mass is 514 g/mol. The third-order valence-electron chi connectivity index (χ3n) is 5.25. The quantitative estimate of drug-likeness (QED) is 0.432. The lowest BCUT2D eigenvalue weighted by Crippen LogP contribution is -2.35. The molecule has 0 radical (unpaired) electrons. The Morgan fingerprint density at radius 3 is 2.50 bits per heavy atom. The molecule has 0 aliphatic carbocycles. The highest BCUT2D eigenvalue weighted by atomic mass is 79.9. The second-order valence-electron chi connectivity index (χ2n) is 8.16. The second-order valence-corrected chi connectivity index (χ2v) is 9.01. The minimum Gasteiger partial charge on any atom is -0.465 e. The average molecular weight is 515 g/mol. The van der Waals surface area contributed by atoms with Gasteiger partial charge in [0.2, 0.25) is 5.91 Å². The van der Waals surface area contributed by atoms with Crippen molar-refractivity contribution >= 4 is 39.2 Å². The summed E-state index contributed by atoms with van der Waals surface area (Å²) < 4.78 is 52.9. The van der Waals surface area contributed by atoms with Gasteiger partial charge in [-0.1, -0.05) is 13.8 Å². The number of carbonyl (C=O) groups is 2. The zero-order valence-electron chi connectivity index (χ0n) is 17.7. The van der Waals surface area contributed by atoms with Gasteiger partial charge in [0.25, 0.3) is 0 Å². The summed E-state index contributed by atoms with van der Waals surface area (Å²) in [6.07, 6.45) is -0.522. The van der Waals surface area contributed by atoms with Gasteiger partial charge in [0.1, 0.15) is 23.1 Å². The summed E-state index contributed by atoms with van der Waals surface area (Å²) in [5.74, 6) is -3.91. The van der Waals surface area contributed by atoms with Gasteiger partial charge in [-0.25, -0.2) is 18.0 Å². The molecule has 10 heteroatoms. The van der Waals surface area contributed by atoms with Crippen LogP contribution in [0.1, 0.15) is 29.8 Å². The minimum atomic E-state index is -0.886. The second kappa shape index (κ2) is 9.50. The standard InChI is InChI=1S/C22H22BrF3N2O4/c1-22(2)10-32-9-18(22)27-17-6-12(21(30)31-3)5-16(26)20(17)28-19(29)7-11-4-15(25)13(23)8-14(11)24/h4-6,8,18,27H,7,9-10H2,1-3H3,(H,28,29). The smallest absolute Gasteiger partial charge is 0.338 e. The summed E-state index contributed by atoms with van der Waals surface area (Å²) in [4.78, 5) is 24.5. The van der Waals surface area contributed by atoms with Crippen LogP contribution >= 0.6 is 15.9 Å². The van der Waals surface area contributed by atoms with Gasteiger partial charge in [-0.2, -0.15) is 0 Å². The number of halogens is 4. The first-order chi connectivity index (χ1) is 15.0. The number of hydrogen-bond acceptors (Lipinski definition) is 5. The summed E-state index contributed by atoms with van der Waals surface area (Å²) in [6.45, 7) is 4.73. The average Bonchev–Trinajstić information content (AvgIpc) is 3.05. The fraction of sp³-hybridized carbons (Fsp3) is 0.364. The summed E-state index contributed by atoms with van der Waals surface area (Å²) in [5, 5.41) is 5.53. The van der Waals surface area contributed by atoms with E-state index in [0.29, 0.717) is 13.2 Å². The van der Waals surface area contributed by atoms with E-state index >= 15 is 0 Å². The van der Waals surface area contributed by atoms with Crippen LogP contribution in [0.4, 0.5) is 24.5 Å². The van der Waals surface area contributed by atoms with Gasteiger partial charge in [-0.3, -0.25) is 4.79 Å². The van der Waals surface area contributed by atoms with Crippen molar-refractivity contribution in [2.24, 2.45) is 5.41 Å². The van der Waals surface area contributed by atoms with Crippen LogP contribution in [0.5, 0.6) is 0 Å². The summed E-state index contributed by atoms with van der Waals surface area (Å²) in [7, 11) is 1.17. The third kappa shape index (κ3) is 5.24. The number of methoxy groups -OCH3 is 1. The van der Waals surface area contributed by atoms with Crippen molar-refractivity contribution in [1.29, 1.82) is 0 Å². The number of rotatable bonds is 6. The first-order valence-electron chi connectivity index (χ1n) is 9.71. The maximum Gasteiger partial charge on any atom is 0.338 e. The highest BCUT2D eigenvalue weighted by Crippen LogP contribution is 2.34.